The Labute approximate surface area is 264 Å². The number of anilines is 1. The Bertz CT molecular complexity index is 1650. The van der Waals surface area contributed by atoms with Crippen molar-refractivity contribution in [2.45, 2.75) is 51.6 Å². The standard InChI is InChI=1S/C34H40BrN3O3SSi/c1-5-41-33(39)37-24-22-26(23-25-37)38(32-21-20-31(35)29-18-12-13-19-30(29)32)42(36,40)43(34(2,3)4,27-14-8-6-9-15-27)28-16-10-7-11-17-28/h6-21,26,36H,5,22-25H2,1-4H3. The predicted octanol–water partition coefficient (Wildman–Crippen LogP) is 7.55. The summed E-state index contributed by atoms with van der Waals surface area (Å²) in [4.78, 5) is 14.3. The lowest BCUT2D eigenvalue weighted by Gasteiger charge is -2.50. The fourth-order valence-corrected chi connectivity index (χ4v) is 20.3. The second-order valence-electron chi connectivity index (χ2n) is 12.0. The van der Waals surface area contributed by atoms with Crippen molar-refractivity contribution in [3.05, 3.63) is 102 Å². The van der Waals surface area contributed by atoms with Crippen molar-refractivity contribution in [3.8, 4) is 0 Å². The van der Waals surface area contributed by atoms with Crippen molar-refractivity contribution in [1.82, 2.24) is 4.90 Å². The van der Waals surface area contributed by atoms with Crippen LogP contribution in [0.3, 0.4) is 0 Å². The van der Waals surface area contributed by atoms with E-state index in [1.165, 1.54) is 0 Å². The van der Waals surface area contributed by atoms with E-state index in [-0.39, 0.29) is 12.1 Å². The maximum absolute atomic E-state index is 16.2. The molecule has 0 saturated carbocycles. The highest BCUT2D eigenvalue weighted by Gasteiger charge is 2.59. The van der Waals surface area contributed by atoms with Crippen molar-refractivity contribution >= 4 is 65.4 Å². The average molecular weight is 679 g/mol. The van der Waals surface area contributed by atoms with Crippen LogP contribution in [-0.2, 0) is 14.1 Å². The minimum absolute atomic E-state index is 0.220. The number of carbonyl (C=O) groups is 1. The van der Waals surface area contributed by atoms with Crippen LogP contribution < -0.4 is 14.7 Å². The number of likely N-dealkylation sites (tertiary alicyclic amines) is 1. The Morgan fingerprint density at radius 3 is 1.93 bits per heavy atom. The summed E-state index contributed by atoms with van der Waals surface area (Å²) in [6.45, 7) is 9.53. The van der Waals surface area contributed by atoms with Crippen LogP contribution in [0, 0.1) is 4.78 Å². The van der Waals surface area contributed by atoms with Crippen LogP contribution in [0.25, 0.3) is 10.8 Å². The summed E-state index contributed by atoms with van der Waals surface area (Å²) in [5.41, 5.74) is 0.793. The molecule has 1 unspecified atom stereocenters. The molecule has 226 valence electrons. The van der Waals surface area contributed by atoms with Crippen LogP contribution in [0.2, 0.25) is 5.04 Å². The summed E-state index contributed by atoms with van der Waals surface area (Å²) in [7, 11) is -7.03. The Balaban J connectivity index is 1.79. The summed E-state index contributed by atoms with van der Waals surface area (Å²) in [6.07, 6.45) is 0.842. The number of halogens is 1. The van der Waals surface area contributed by atoms with E-state index in [4.69, 9.17) is 4.74 Å². The number of hydrogen-bond acceptors (Lipinski definition) is 4. The Morgan fingerprint density at radius 1 is 0.907 bits per heavy atom. The van der Waals surface area contributed by atoms with Gasteiger partial charge in [0.2, 0.25) is 0 Å². The van der Waals surface area contributed by atoms with Crippen LogP contribution in [0.5, 0.6) is 0 Å². The molecule has 0 radical (unpaired) electrons. The average Bonchev–Trinajstić information content (AvgIpc) is 2.99. The molecular weight excluding hydrogens is 638 g/mol. The molecule has 1 saturated heterocycles. The van der Waals surface area contributed by atoms with E-state index in [0.717, 1.165) is 31.3 Å². The smallest absolute Gasteiger partial charge is 0.409 e. The summed E-state index contributed by atoms with van der Waals surface area (Å²) in [5, 5.41) is 3.41. The van der Waals surface area contributed by atoms with Gasteiger partial charge in [0.15, 0.2) is 0 Å². The van der Waals surface area contributed by atoms with Crippen molar-refractivity contribution in [3.63, 3.8) is 0 Å². The van der Waals surface area contributed by atoms with E-state index < -0.39 is 21.6 Å². The number of carbonyl (C=O) groups excluding carboxylic acids is 1. The first-order chi connectivity index (χ1) is 20.5. The third-order valence-electron chi connectivity index (χ3n) is 8.52. The maximum atomic E-state index is 16.2. The Hall–Kier alpha value is -3.14. The van der Waals surface area contributed by atoms with E-state index in [1.807, 2.05) is 71.9 Å². The molecule has 1 atom stereocenters. The molecule has 0 bridgehead atoms. The number of amides is 1. The molecule has 1 N–H and O–H groups in total. The van der Waals surface area contributed by atoms with Crippen LogP contribution >= 0.6 is 15.9 Å². The van der Waals surface area contributed by atoms with E-state index >= 15 is 4.21 Å². The van der Waals surface area contributed by atoms with Crippen LogP contribution in [-0.4, -0.2) is 48.2 Å². The fraction of sp³-hybridized carbons (Fsp3) is 0.324. The van der Waals surface area contributed by atoms with Gasteiger partial charge in [-0.2, -0.15) is 0 Å². The number of rotatable bonds is 7. The zero-order chi connectivity index (χ0) is 30.8. The highest BCUT2D eigenvalue weighted by molar-refractivity contribution is 9.10. The van der Waals surface area contributed by atoms with Gasteiger partial charge < -0.3 is 9.64 Å². The van der Waals surface area contributed by atoms with E-state index in [1.54, 1.807) is 4.90 Å². The highest BCUT2D eigenvalue weighted by atomic mass is 79.9. The minimum atomic E-state index is -3.57. The fourth-order valence-electron chi connectivity index (χ4n) is 6.74. The molecule has 1 amide bonds. The van der Waals surface area contributed by atoms with Gasteiger partial charge in [-0.15, -0.1) is 0 Å². The van der Waals surface area contributed by atoms with E-state index in [9.17, 15) is 9.57 Å². The van der Waals surface area contributed by atoms with Crippen LogP contribution in [0.4, 0.5) is 10.5 Å². The number of benzene rings is 4. The van der Waals surface area contributed by atoms with Crippen LogP contribution in [0.1, 0.15) is 40.5 Å². The molecule has 9 heteroatoms. The van der Waals surface area contributed by atoms with Crippen molar-refractivity contribution in [2.24, 2.45) is 0 Å². The molecule has 1 heterocycles. The normalized spacial score (nSPS) is 16.1. The number of piperidine rings is 1. The zero-order valence-corrected chi connectivity index (χ0v) is 28.7. The Morgan fingerprint density at radius 2 is 1.42 bits per heavy atom. The molecule has 43 heavy (non-hydrogen) atoms. The van der Waals surface area contributed by atoms with Gasteiger partial charge in [0.25, 0.3) is 7.22 Å². The van der Waals surface area contributed by atoms with Crippen molar-refractivity contribution < 1.29 is 13.7 Å². The highest BCUT2D eigenvalue weighted by Crippen LogP contribution is 2.45. The molecule has 4 aromatic rings. The third kappa shape index (κ3) is 5.51. The summed E-state index contributed by atoms with van der Waals surface area (Å²) >= 11 is 3.72. The second kappa shape index (κ2) is 12.5. The number of fused-ring (bicyclic) bond motifs is 1. The lowest BCUT2D eigenvalue weighted by Crippen LogP contribution is -2.73. The molecular formula is C34H40BrN3O3SSi. The second-order valence-corrected chi connectivity index (χ2v) is 21.9. The number of hydrogen-bond donors (Lipinski definition) is 1. The summed E-state index contributed by atoms with van der Waals surface area (Å²) in [5.74, 6) is 0. The summed E-state index contributed by atoms with van der Waals surface area (Å²) in [6, 6.07) is 32.1. The summed E-state index contributed by atoms with van der Waals surface area (Å²) < 4.78 is 34.9. The van der Waals surface area contributed by atoms with Gasteiger partial charge in [-0.3, -0.25) is 4.31 Å². The molecule has 1 aliphatic heterocycles. The number of nitrogens with zero attached hydrogens (tertiary/aromatic N) is 2. The first kappa shape index (κ1) is 31.3. The largest absolute Gasteiger partial charge is 0.450 e. The maximum Gasteiger partial charge on any atom is 0.409 e. The zero-order valence-electron chi connectivity index (χ0n) is 25.3. The minimum Gasteiger partial charge on any atom is -0.450 e. The van der Waals surface area contributed by atoms with Crippen molar-refractivity contribution in [1.29, 1.82) is 4.78 Å². The van der Waals surface area contributed by atoms with Gasteiger partial charge >= 0.3 is 6.09 Å². The van der Waals surface area contributed by atoms with Gasteiger partial charge in [-0.1, -0.05) is 122 Å². The molecule has 0 aromatic heterocycles. The van der Waals surface area contributed by atoms with E-state index in [0.29, 0.717) is 32.5 Å². The van der Waals surface area contributed by atoms with Gasteiger partial charge in [0.05, 0.1) is 12.3 Å². The quantitative estimate of drug-likeness (QED) is 0.205. The molecule has 0 aliphatic carbocycles. The van der Waals surface area contributed by atoms with Crippen molar-refractivity contribution in [2.75, 3.05) is 24.0 Å². The van der Waals surface area contributed by atoms with Gasteiger partial charge in [-0.05, 0) is 52.7 Å². The molecule has 1 fully saturated rings. The van der Waals surface area contributed by atoms with Gasteiger partial charge in [0, 0.05) is 29.0 Å². The first-order valence-electron chi connectivity index (χ1n) is 14.8. The lowest BCUT2D eigenvalue weighted by molar-refractivity contribution is 0.0977. The third-order valence-corrected chi connectivity index (χ3v) is 21.8. The first-order valence-corrected chi connectivity index (χ1v) is 19.8. The number of nitrogens with one attached hydrogen (secondary N) is 1. The van der Waals surface area contributed by atoms with Crippen LogP contribution in [0.15, 0.2) is 102 Å². The molecule has 5 rings (SSSR count). The predicted molar refractivity (Wildman–Crippen MR) is 184 cm³/mol. The SMILES string of the molecule is CCOC(=O)N1CCC(N(c2ccc(Br)c3ccccc23)S(=N)(=O)[Si](c2ccccc2)(c2ccccc2)C(C)(C)C)CC1. The number of ether oxygens (including phenoxy) is 1. The topological polar surface area (TPSA) is 73.7 Å². The molecule has 0 spiro atoms. The van der Waals surface area contributed by atoms with Gasteiger partial charge in [-0.25, -0.2) is 13.8 Å². The monoisotopic (exact) mass is 677 g/mol. The van der Waals surface area contributed by atoms with E-state index in [2.05, 4.69) is 73.1 Å². The molecule has 4 aromatic carbocycles. The Kier molecular flexibility index (Phi) is 9.06. The molecule has 6 nitrogen and oxygen atoms in total. The molecule has 1 aliphatic rings. The van der Waals surface area contributed by atoms with Gasteiger partial charge in [0.1, 0.15) is 9.36 Å². The lowest BCUT2D eigenvalue weighted by atomic mass is 10.0.